The molecule has 4 aliphatic rings. The summed E-state index contributed by atoms with van der Waals surface area (Å²) >= 11 is -2.93. The van der Waals surface area contributed by atoms with Crippen LogP contribution in [-0.4, -0.2) is 16.5 Å². The van der Waals surface area contributed by atoms with Gasteiger partial charge in [-0.2, -0.15) is 0 Å². The Labute approximate surface area is 254 Å². The Kier molecular flexibility index (Phi) is 12.2. The van der Waals surface area contributed by atoms with E-state index in [1.54, 1.807) is 39.0 Å². The van der Waals surface area contributed by atoms with Gasteiger partial charge in [0.25, 0.3) is 0 Å². The normalized spacial score (nSPS) is 19.9. The molecule has 0 unspecified atom stereocenters. The van der Waals surface area contributed by atoms with E-state index in [9.17, 15) is 0 Å². The Morgan fingerprint density at radius 3 is 1.74 bits per heavy atom. The minimum atomic E-state index is -1.48. The van der Waals surface area contributed by atoms with Gasteiger partial charge in [0.2, 0.25) is 0 Å². The second-order valence-electron chi connectivity index (χ2n) is 13.0. The molecule has 0 fully saturated rings. The SMILES string of the molecule is CC1=C(C)[C]([Zr]([C]2=CC(C(C)C)=CC2)[GeH]([CH3])[CH3])=CC1.CC1=CC[C]([Zr]([CH]2C(C)=C(C)C(C)=C2C)[SiH](C)C)=C1. The fourth-order valence-corrected chi connectivity index (χ4v) is 60.3. The standard InChI is InChI=1S/C9H13.C8H11.C7H9.C6H7.C2H7Ge.C2H7Si.2Zr/c1-6-5-7(2)9(4)8(6)3;1-7(2)8-5-3-4-6-8;1-6-4-3-5-7(6)2;1-6-4-2-3-5-6;2*1-3-2;;/h5H,1-4H3;5-7H,3H2,1-2H3;3H,4H2,1-2H3;4-5H,2H2,1H3;2*3H,1-2H3;;. The zero-order chi connectivity index (χ0) is 28.5. The molecule has 0 atom stereocenters. The van der Waals surface area contributed by atoms with Crippen molar-refractivity contribution in [2.45, 2.75) is 110 Å². The first-order valence-corrected chi connectivity index (χ1v) is 40.7. The zero-order valence-electron chi connectivity index (χ0n) is 26.8. The monoisotopic (exact) mass is 744 g/mol. The molecule has 0 radical (unpaired) electrons. The Balaban J connectivity index is 0.000000211. The third-order valence-corrected chi connectivity index (χ3v) is 61.4. The van der Waals surface area contributed by atoms with Crippen molar-refractivity contribution in [3.8, 4) is 0 Å². The van der Waals surface area contributed by atoms with Crippen molar-refractivity contribution < 1.29 is 40.2 Å². The van der Waals surface area contributed by atoms with E-state index in [1.807, 2.05) is 9.84 Å². The molecule has 0 aromatic carbocycles. The van der Waals surface area contributed by atoms with Gasteiger partial charge in [-0.25, -0.2) is 0 Å². The first-order valence-electron chi connectivity index (χ1n) is 15.0. The summed E-state index contributed by atoms with van der Waals surface area (Å²) in [5.41, 5.74) is 13.1. The number of allylic oxidation sites excluding steroid dienone is 16. The predicted octanol–water partition coefficient (Wildman–Crippen LogP) is 10.4. The Morgan fingerprint density at radius 1 is 0.763 bits per heavy atom. The molecule has 0 amide bonds. The van der Waals surface area contributed by atoms with Crippen molar-refractivity contribution in [2.75, 3.05) is 0 Å². The average Bonchev–Trinajstić information content (AvgIpc) is 3.61. The van der Waals surface area contributed by atoms with E-state index in [0.717, 1.165) is 3.63 Å². The third kappa shape index (κ3) is 7.26. The fourth-order valence-electron chi connectivity index (χ4n) is 6.66. The van der Waals surface area contributed by atoms with E-state index in [-0.39, 0.29) is 0 Å². The topological polar surface area (TPSA) is 0 Å². The van der Waals surface area contributed by atoms with Crippen molar-refractivity contribution >= 4 is 16.5 Å². The van der Waals surface area contributed by atoms with Crippen LogP contribution in [0.1, 0.15) is 81.6 Å². The van der Waals surface area contributed by atoms with Gasteiger partial charge in [0, 0.05) is 0 Å². The molecule has 0 aromatic heterocycles. The average molecular weight is 746 g/mol. The maximum absolute atomic E-state index is 2.64. The summed E-state index contributed by atoms with van der Waals surface area (Å²) < 4.78 is 6.56. The van der Waals surface area contributed by atoms with Crippen LogP contribution in [0.2, 0.25) is 28.2 Å². The van der Waals surface area contributed by atoms with Crippen LogP contribution in [0, 0.1) is 5.92 Å². The second kappa shape index (κ2) is 14.1. The van der Waals surface area contributed by atoms with Crippen LogP contribution < -0.4 is 0 Å². The van der Waals surface area contributed by atoms with Crippen molar-refractivity contribution in [3.63, 3.8) is 0 Å². The molecular formula is C34H54GeSiZr2. The minimum absolute atomic E-state index is 0.524. The van der Waals surface area contributed by atoms with Gasteiger partial charge >= 0.3 is 257 Å². The third-order valence-electron chi connectivity index (χ3n) is 9.40. The van der Waals surface area contributed by atoms with Crippen molar-refractivity contribution in [1.29, 1.82) is 0 Å². The summed E-state index contributed by atoms with van der Waals surface area (Å²) in [6.07, 6.45) is 16.5. The summed E-state index contributed by atoms with van der Waals surface area (Å²) in [6, 6.07) is 0. The van der Waals surface area contributed by atoms with E-state index < -0.39 is 56.6 Å². The summed E-state index contributed by atoms with van der Waals surface area (Å²) in [4.78, 5) is 0. The Bertz CT molecular complexity index is 1170. The van der Waals surface area contributed by atoms with Crippen molar-refractivity contribution in [3.05, 3.63) is 84.8 Å². The summed E-state index contributed by atoms with van der Waals surface area (Å²) in [5.74, 6) is 5.46. The summed E-state index contributed by atoms with van der Waals surface area (Å²) in [5, 5.41) is 0. The van der Waals surface area contributed by atoms with Crippen molar-refractivity contribution in [1.82, 2.24) is 0 Å². The van der Waals surface area contributed by atoms with Gasteiger partial charge in [-0.3, -0.25) is 0 Å². The van der Waals surface area contributed by atoms with Crippen LogP contribution in [0.3, 0.4) is 0 Å². The van der Waals surface area contributed by atoms with Crippen LogP contribution in [-0.2, 0) is 40.2 Å². The van der Waals surface area contributed by atoms with Gasteiger partial charge in [-0.15, -0.1) is 0 Å². The van der Waals surface area contributed by atoms with Gasteiger partial charge in [0.05, 0.1) is 0 Å². The van der Waals surface area contributed by atoms with Gasteiger partial charge < -0.3 is 0 Å². The van der Waals surface area contributed by atoms with Crippen LogP contribution in [0.15, 0.2) is 84.8 Å². The van der Waals surface area contributed by atoms with Crippen LogP contribution in [0.4, 0.5) is 0 Å². The molecule has 0 N–H and O–H groups in total. The van der Waals surface area contributed by atoms with E-state index in [4.69, 9.17) is 0 Å². The molecule has 0 heterocycles. The van der Waals surface area contributed by atoms with E-state index in [1.165, 1.54) is 24.8 Å². The molecule has 0 aromatic rings. The Morgan fingerprint density at radius 2 is 1.34 bits per heavy atom. The van der Waals surface area contributed by atoms with Crippen LogP contribution >= 0.6 is 0 Å². The number of hydrogen-bond acceptors (Lipinski definition) is 0. The van der Waals surface area contributed by atoms with Gasteiger partial charge in [0.1, 0.15) is 0 Å². The molecule has 0 saturated heterocycles. The molecular weight excluding hydrogens is 692 g/mol. The maximum atomic E-state index is 2.64. The van der Waals surface area contributed by atoms with E-state index >= 15 is 0 Å². The molecule has 0 spiro atoms. The fraction of sp³-hybridized carbons (Fsp3) is 0.529. The van der Waals surface area contributed by atoms with Gasteiger partial charge in [-0.1, -0.05) is 0 Å². The molecule has 38 heavy (non-hydrogen) atoms. The number of hydrogen-bond donors (Lipinski definition) is 0. The van der Waals surface area contributed by atoms with Crippen LogP contribution in [0.25, 0.3) is 0 Å². The molecule has 4 aliphatic carbocycles. The molecule has 0 nitrogen and oxygen atoms in total. The molecule has 0 saturated carbocycles. The molecule has 0 bridgehead atoms. The molecule has 4 heteroatoms. The predicted molar refractivity (Wildman–Crippen MR) is 171 cm³/mol. The second-order valence-corrected chi connectivity index (χ2v) is 64.4. The van der Waals surface area contributed by atoms with Crippen molar-refractivity contribution in [2.24, 2.45) is 5.92 Å². The van der Waals surface area contributed by atoms with E-state index in [2.05, 4.69) is 117 Å². The van der Waals surface area contributed by atoms with E-state index in [0.29, 0.717) is 5.92 Å². The molecule has 0 aliphatic heterocycles. The van der Waals surface area contributed by atoms with Gasteiger partial charge in [-0.05, 0) is 0 Å². The quantitative estimate of drug-likeness (QED) is 0.228. The van der Waals surface area contributed by atoms with Crippen LogP contribution in [0.5, 0.6) is 0 Å². The molecule has 206 valence electrons. The number of rotatable bonds is 7. The molecule has 4 rings (SSSR count). The summed E-state index contributed by atoms with van der Waals surface area (Å²) in [6.45, 7) is 26.3. The van der Waals surface area contributed by atoms with Gasteiger partial charge in [0.15, 0.2) is 0 Å². The first kappa shape index (κ1) is 33.0. The Hall–Kier alpha value is 0.446. The zero-order valence-corrected chi connectivity index (χ0v) is 35.3. The first-order chi connectivity index (χ1) is 17.8. The summed E-state index contributed by atoms with van der Waals surface area (Å²) in [7, 11) is -1.01.